The molecule has 1 amide bonds. The minimum Gasteiger partial charge on any atom is -1.00 e. The van der Waals surface area contributed by atoms with Crippen molar-refractivity contribution in [3.05, 3.63) is 40.2 Å². The number of aliphatic carboxylic acids is 2. The van der Waals surface area contributed by atoms with Gasteiger partial charge in [0.25, 0.3) is 11.5 Å². The van der Waals surface area contributed by atoms with Gasteiger partial charge in [-0.1, -0.05) is 0 Å². The van der Waals surface area contributed by atoms with Crippen LogP contribution < -0.4 is 31.7 Å². The van der Waals surface area contributed by atoms with Crippen molar-refractivity contribution >= 4 is 78.7 Å². The van der Waals surface area contributed by atoms with E-state index in [0.29, 0.717) is 31.3 Å². The maximum atomic E-state index is 12.4. The number of H-pyrrole nitrogens is 1. The third kappa shape index (κ3) is 5.37. The predicted molar refractivity (Wildman–Crippen MR) is 126 cm³/mol. The Morgan fingerprint density at radius 1 is 1.26 bits per heavy atom. The number of benzene rings is 1. The van der Waals surface area contributed by atoms with E-state index in [1.165, 1.54) is 0 Å². The average molecular weight is 500 g/mol. The summed E-state index contributed by atoms with van der Waals surface area (Å²) in [5.74, 6) is -2.55. The zero-order valence-electron chi connectivity index (χ0n) is 20.2. The Balaban J connectivity index is 0.00000216. The zero-order valence-corrected chi connectivity index (χ0v) is 20.4. The molecule has 178 valence electrons. The molecule has 1 aromatic carbocycles. The first-order valence-corrected chi connectivity index (χ1v) is 10.2. The molecule has 0 spiro atoms. The fourth-order valence-electron chi connectivity index (χ4n) is 4.00. The van der Waals surface area contributed by atoms with Gasteiger partial charge in [-0.2, -0.15) is 4.98 Å². The standard InChI is InChI=1S/C20H23N7O6.Ca.2H/c21-20-24-16-15(18(31)25-20)27-9-26(8-12(27)7-22-16)11-3-1-10(2-4-11)17(30)23-13(19(32)33)5-6-14(28)29;;;/h1-4,12-13H,5-9H2,(H,23,30)(H,28,29)(H,32,33)(H4,21,22,24,25,31);;;/q;+2;2*-1/t12?,13-;;;/m0.../s1. The number of rotatable bonds is 7. The summed E-state index contributed by atoms with van der Waals surface area (Å²) in [4.78, 5) is 57.5. The van der Waals surface area contributed by atoms with Crippen LogP contribution in [0.3, 0.4) is 0 Å². The largest absolute Gasteiger partial charge is 2.00 e. The maximum absolute atomic E-state index is 12.4. The quantitative estimate of drug-likeness (QED) is 0.264. The SMILES string of the molecule is Nc1nc2c(c(=O)[nH]1)N1CN(c3ccc(C(=O)N[C@@H](CCC(=O)O)C(=O)O)cc3)CC1CN2.[Ca+2].[H-].[H-]. The molecule has 1 saturated heterocycles. The maximum Gasteiger partial charge on any atom is 2.00 e. The van der Waals surface area contributed by atoms with Crippen LogP contribution >= 0.6 is 0 Å². The van der Waals surface area contributed by atoms with Crippen LogP contribution in [0.25, 0.3) is 0 Å². The summed E-state index contributed by atoms with van der Waals surface area (Å²) in [5, 5.41) is 23.4. The monoisotopic (exact) mass is 499 g/mol. The molecule has 2 aliphatic rings. The average Bonchev–Trinajstić information content (AvgIpc) is 3.20. The molecule has 2 aliphatic heterocycles. The normalized spacial score (nSPS) is 17.0. The number of nitrogen functional groups attached to an aromatic ring is 1. The number of carboxylic acids is 2. The summed E-state index contributed by atoms with van der Waals surface area (Å²) in [5.41, 5.74) is 6.81. The number of nitrogens with two attached hydrogens (primary N) is 1. The van der Waals surface area contributed by atoms with Crippen LogP contribution in [0.5, 0.6) is 0 Å². The van der Waals surface area contributed by atoms with Crippen LogP contribution in [-0.4, -0.2) is 108 Å². The number of amides is 1. The van der Waals surface area contributed by atoms with Crippen molar-refractivity contribution in [2.24, 2.45) is 0 Å². The zero-order chi connectivity index (χ0) is 23.7. The van der Waals surface area contributed by atoms with Crippen molar-refractivity contribution in [3.8, 4) is 0 Å². The minimum atomic E-state index is -1.30. The van der Waals surface area contributed by atoms with Crippen LogP contribution in [0.15, 0.2) is 29.1 Å². The molecule has 34 heavy (non-hydrogen) atoms. The first-order chi connectivity index (χ1) is 15.7. The van der Waals surface area contributed by atoms with Gasteiger partial charge in [0.2, 0.25) is 5.95 Å². The van der Waals surface area contributed by atoms with Gasteiger partial charge in [0, 0.05) is 30.8 Å². The van der Waals surface area contributed by atoms with Gasteiger partial charge in [-0.3, -0.25) is 19.4 Å². The Bertz CT molecular complexity index is 1170. The molecule has 1 aromatic heterocycles. The molecular formula is C20H25CaN7O6. The molecule has 3 heterocycles. The van der Waals surface area contributed by atoms with Gasteiger partial charge in [0.15, 0.2) is 5.82 Å². The van der Waals surface area contributed by atoms with E-state index in [1.54, 1.807) is 24.3 Å². The number of carboxylic acid groups (broad SMARTS) is 2. The van der Waals surface area contributed by atoms with E-state index in [1.807, 2.05) is 9.80 Å². The third-order valence-corrected chi connectivity index (χ3v) is 5.65. The van der Waals surface area contributed by atoms with E-state index in [2.05, 4.69) is 20.6 Å². The van der Waals surface area contributed by atoms with Crippen molar-refractivity contribution in [2.45, 2.75) is 24.9 Å². The first-order valence-electron chi connectivity index (χ1n) is 10.2. The number of aromatic amines is 1. The van der Waals surface area contributed by atoms with Crippen LogP contribution in [0.1, 0.15) is 26.1 Å². The molecule has 0 saturated carbocycles. The second-order valence-corrected chi connectivity index (χ2v) is 7.86. The molecule has 7 N–H and O–H groups in total. The Kier molecular flexibility index (Phi) is 7.89. The van der Waals surface area contributed by atoms with Gasteiger partial charge in [-0.15, -0.1) is 0 Å². The summed E-state index contributed by atoms with van der Waals surface area (Å²) in [7, 11) is 0. The number of anilines is 4. The van der Waals surface area contributed by atoms with Crippen molar-refractivity contribution in [1.82, 2.24) is 15.3 Å². The summed E-state index contributed by atoms with van der Waals surface area (Å²) in [6, 6.07) is 5.35. The fourth-order valence-corrected chi connectivity index (χ4v) is 4.00. The number of hydrogen-bond acceptors (Lipinski definition) is 9. The van der Waals surface area contributed by atoms with Gasteiger partial charge in [-0.05, 0) is 30.7 Å². The summed E-state index contributed by atoms with van der Waals surface area (Å²) in [6.07, 6.45) is -0.583. The Morgan fingerprint density at radius 3 is 2.62 bits per heavy atom. The van der Waals surface area contributed by atoms with E-state index in [-0.39, 0.29) is 76.5 Å². The molecule has 2 atom stereocenters. The topological polar surface area (TPSA) is 194 Å². The summed E-state index contributed by atoms with van der Waals surface area (Å²) in [6.45, 7) is 1.67. The van der Waals surface area contributed by atoms with Crippen molar-refractivity contribution in [2.75, 3.05) is 40.6 Å². The van der Waals surface area contributed by atoms with Gasteiger partial charge < -0.3 is 39.2 Å². The Hall–Kier alpha value is -3.03. The van der Waals surface area contributed by atoms with Gasteiger partial charge in [0.1, 0.15) is 11.7 Å². The number of carbonyl (C=O) groups is 3. The molecule has 0 bridgehead atoms. The van der Waals surface area contributed by atoms with E-state index in [0.717, 1.165) is 5.69 Å². The number of carbonyl (C=O) groups excluding carboxylic acids is 1. The van der Waals surface area contributed by atoms with Crippen LogP contribution in [0, 0.1) is 0 Å². The van der Waals surface area contributed by atoms with Crippen LogP contribution in [0.2, 0.25) is 0 Å². The Morgan fingerprint density at radius 2 is 1.97 bits per heavy atom. The second-order valence-electron chi connectivity index (χ2n) is 7.86. The Labute approximate surface area is 226 Å². The number of nitrogens with one attached hydrogen (secondary N) is 3. The summed E-state index contributed by atoms with van der Waals surface area (Å²) < 4.78 is 0. The van der Waals surface area contributed by atoms with Gasteiger partial charge in [0.05, 0.1) is 12.7 Å². The van der Waals surface area contributed by atoms with Gasteiger partial charge >= 0.3 is 49.7 Å². The molecule has 1 fully saturated rings. The molecule has 1 unspecified atom stereocenters. The third-order valence-electron chi connectivity index (χ3n) is 5.65. The molecule has 0 radical (unpaired) electrons. The van der Waals surface area contributed by atoms with E-state index in [4.69, 9.17) is 10.8 Å². The number of nitrogens with zero attached hydrogens (tertiary/aromatic N) is 3. The predicted octanol–water partition coefficient (Wildman–Crippen LogP) is -0.678. The van der Waals surface area contributed by atoms with E-state index in [9.17, 15) is 24.3 Å². The first kappa shape index (κ1) is 25.6. The van der Waals surface area contributed by atoms with E-state index < -0.39 is 23.9 Å². The molecular weight excluding hydrogens is 474 g/mol. The summed E-state index contributed by atoms with van der Waals surface area (Å²) >= 11 is 0. The number of hydrogen-bond donors (Lipinski definition) is 6. The van der Waals surface area contributed by atoms with Crippen molar-refractivity contribution in [1.29, 1.82) is 0 Å². The fraction of sp³-hybridized carbons (Fsp3) is 0.350. The van der Waals surface area contributed by atoms with Crippen LogP contribution in [-0.2, 0) is 9.59 Å². The second kappa shape index (κ2) is 10.5. The number of aromatic nitrogens is 2. The number of fused-ring (bicyclic) bond motifs is 3. The van der Waals surface area contributed by atoms with E-state index >= 15 is 0 Å². The molecule has 13 nitrogen and oxygen atoms in total. The molecule has 4 rings (SSSR count). The molecule has 14 heteroatoms. The smallest absolute Gasteiger partial charge is 1.00 e. The van der Waals surface area contributed by atoms with Crippen LogP contribution in [0.4, 0.5) is 23.1 Å². The minimum absolute atomic E-state index is 0. The van der Waals surface area contributed by atoms with Crippen molar-refractivity contribution in [3.63, 3.8) is 0 Å². The molecule has 0 aliphatic carbocycles. The van der Waals surface area contributed by atoms with Gasteiger partial charge in [-0.25, -0.2) is 4.79 Å². The van der Waals surface area contributed by atoms with Crippen molar-refractivity contribution < 1.29 is 27.4 Å². The molecule has 2 aromatic rings.